The molecule has 0 aromatic heterocycles. The number of carbonyl (C=O) groups excluding carboxylic acids is 1. The molecule has 0 saturated heterocycles. The van der Waals surface area contributed by atoms with Gasteiger partial charge in [-0.25, -0.2) is 4.39 Å². The Labute approximate surface area is 247 Å². The van der Waals surface area contributed by atoms with Crippen LogP contribution in [0.15, 0.2) is 78.9 Å². The van der Waals surface area contributed by atoms with E-state index < -0.39 is 30.5 Å². The van der Waals surface area contributed by atoms with Crippen LogP contribution in [-0.2, 0) is 9.59 Å². The average Bonchev–Trinajstić information content (AvgIpc) is 2.95. The van der Waals surface area contributed by atoms with E-state index in [4.69, 9.17) is 5.11 Å². The van der Waals surface area contributed by atoms with Crippen molar-refractivity contribution in [2.75, 3.05) is 18.4 Å². The van der Waals surface area contributed by atoms with Crippen molar-refractivity contribution in [1.29, 1.82) is 0 Å². The molecule has 0 aliphatic heterocycles. The largest absolute Gasteiger partial charge is 0.481 e. The summed E-state index contributed by atoms with van der Waals surface area (Å²) in [6.45, 7) is 6.80. The van der Waals surface area contributed by atoms with Crippen LogP contribution in [0.4, 0.5) is 10.1 Å². The zero-order valence-corrected chi connectivity index (χ0v) is 24.5. The maximum absolute atomic E-state index is 14.1. The number of rotatable bonds is 15. The summed E-state index contributed by atoms with van der Waals surface area (Å²) >= 11 is 0. The zero-order chi connectivity index (χ0) is 30.6. The Bertz CT molecular complexity index is 1330. The first-order chi connectivity index (χ1) is 20.1. The molecule has 0 bridgehead atoms. The van der Waals surface area contributed by atoms with E-state index in [2.05, 4.69) is 10.2 Å². The van der Waals surface area contributed by atoms with Gasteiger partial charge < -0.3 is 25.5 Å². The van der Waals surface area contributed by atoms with Gasteiger partial charge in [-0.05, 0) is 86.2 Å². The van der Waals surface area contributed by atoms with Crippen LogP contribution in [0.5, 0.6) is 0 Å². The number of carbonyl (C=O) groups is 2. The van der Waals surface area contributed by atoms with Gasteiger partial charge in [0.25, 0.3) is 0 Å². The van der Waals surface area contributed by atoms with Gasteiger partial charge in [0.05, 0.1) is 24.5 Å². The summed E-state index contributed by atoms with van der Waals surface area (Å²) in [5, 5.41) is 32.7. The molecule has 42 heavy (non-hydrogen) atoms. The number of amides is 1. The normalized spacial score (nSPS) is 14.0. The fourth-order valence-corrected chi connectivity index (χ4v) is 4.97. The number of benzene rings is 3. The predicted octanol–water partition coefficient (Wildman–Crippen LogP) is 5.97. The van der Waals surface area contributed by atoms with Crippen LogP contribution in [-0.4, -0.2) is 57.4 Å². The molecule has 224 valence electrons. The number of nitrogens with zero attached hydrogens (tertiary/aromatic N) is 1. The lowest BCUT2D eigenvalue weighted by atomic mass is 9.88. The zero-order valence-electron chi connectivity index (χ0n) is 24.5. The maximum atomic E-state index is 14.1. The molecule has 0 radical (unpaired) electrons. The number of anilines is 1. The van der Waals surface area contributed by atoms with Crippen molar-refractivity contribution in [3.63, 3.8) is 0 Å². The Balaban J connectivity index is 2.08. The molecule has 4 N–H and O–H groups in total. The predicted molar refractivity (Wildman–Crippen MR) is 164 cm³/mol. The highest BCUT2D eigenvalue weighted by Gasteiger charge is 2.27. The van der Waals surface area contributed by atoms with Crippen molar-refractivity contribution >= 4 is 28.8 Å². The summed E-state index contributed by atoms with van der Waals surface area (Å²) in [6, 6.07) is 23.3. The number of aliphatic hydroxyl groups excluding tert-OH is 2. The Hall–Kier alpha value is -4.01. The van der Waals surface area contributed by atoms with Gasteiger partial charge in [-0.15, -0.1) is 0 Å². The van der Waals surface area contributed by atoms with Crippen LogP contribution in [0.3, 0.4) is 0 Å². The summed E-state index contributed by atoms with van der Waals surface area (Å²) < 4.78 is 14.1. The minimum absolute atomic E-state index is 0.0667. The molecule has 3 aromatic rings. The number of aryl methyl sites for hydroxylation is 1. The molecule has 0 aliphatic rings. The van der Waals surface area contributed by atoms with Crippen molar-refractivity contribution in [3.05, 3.63) is 101 Å². The molecule has 3 unspecified atom stereocenters. The number of carboxylic acids is 1. The molecule has 8 heteroatoms. The first kappa shape index (κ1) is 32.5. The molecule has 0 aliphatic carbocycles. The SMILES string of the molecule is CCCN(CCC(O)CC(O)CC(=O)O)/C(=C(/c1ccccc1)C(C)C(=O)Nc1ccc(C)cc1)c1ccc(F)cc1. The number of aliphatic hydroxyl groups is 2. The maximum Gasteiger partial charge on any atom is 0.305 e. The quantitative estimate of drug-likeness (QED) is 0.166. The van der Waals surface area contributed by atoms with Gasteiger partial charge in [-0.1, -0.05) is 55.0 Å². The lowest BCUT2D eigenvalue weighted by Gasteiger charge is -2.33. The van der Waals surface area contributed by atoms with Gasteiger partial charge >= 0.3 is 5.97 Å². The lowest BCUT2D eigenvalue weighted by molar-refractivity contribution is -0.139. The monoisotopic (exact) mass is 576 g/mol. The van der Waals surface area contributed by atoms with Crippen molar-refractivity contribution in [2.24, 2.45) is 5.92 Å². The molecular formula is C34H41FN2O5. The van der Waals surface area contributed by atoms with Gasteiger partial charge in [0.15, 0.2) is 0 Å². The number of nitrogens with one attached hydrogen (secondary N) is 1. The second kappa shape index (κ2) is 15.8. The van der Waals surface area contributed by atoms with Gasteiger partial charge in [0.1, 0.15) is 5.82 Å². The molecule has 7 nitrogen and oxygen atoms in total. The van der Waals surface area contributed by atoms with Crippen LogP contribution in [0.1, 0.15) is 56.2 Å². The van der Waals surface area contributed by atoms with Crippen molar-refractivity contribution in [1.82, 2.24) is 4.90 Å². The van der Waals surface area contributed by atoms with E-state index in [0.29, 0.717) is 18.8 Å². The second-order valence-corrected chi connectivity index (χ2v) is 10.6. The lowest BCUT2D eigenvalue weighted by Crippen LogP contribution is -2.31. The summed E-state index contributed by atoms with van der Waals surface area (Å²) in [4.78, 5) is 26.8. The summed E-state index contributed by atoms with van der Waals surface area (Å²) in [5.74, 6) is -2.33. The fourth-order valence-electron chi connectivity index (χ4n) is 4.97. The van der Waals surface area contributed by atoms with Gasteiger partial charge in [-0.2, -0.15) is 0 Å². The Morgan fingerprint density at radius 1 is 0.881 bits per heavy atom. The molecule has 1 amide bonds. The number of aliphatic carboxylic acids is 1. The molecule has 0 heterocycles. The number of hydrogen-bond donors (Lipinski definition) is 4. The minimum Gasteiger partial charge on any atom is -0.481 e. The summed E-state index contributed by atoms with van der Waals surface area (Å²) in [7, 11) is 0. The van der Waals surface area contributed by atoms with Crippen molar-refractivity contribution < 1.29 is 29.3 Å². The van der Waals surface area contributed by atoms with E-state index in [1.165, 1.54) is 12.1 Å². The second-order valence-electron chi connectivity index (χ2n) is 10.6. The fraction of sp³-hybridized carbons (Fsp3) is 0.353. The van der Waals surface area contributed by atoms with Crippen molar-refractivity contribution in [3.8, 4) is 0 Å². The number of hydrogen-bond acceptors (Lipinski definition) is 5. The Morgan fingerprint density at radius 3 is 2.12 bits per heavy atom. The third-order valence-electron chi connectivity index (χ3n) is 7.10. The summed E-state index contributed by atoms with van der Waals surface area (Å²) in [6.07, 6.45) is -1.59. The van der Waals surface area contributed by atoms with Crippen LogP contribution in [0.25, 0.3) is 11.3 Å². The molecular weight excluding hydrogens is 535 g/mol. The van der Waals surface area contributed by atoms with E-state index >= 15 is 0 Å². The number of halogens is 1. The smallest absolute Gasteiger partial charge is 0.305 e. The highest BCUT2D eigenvalue weighted by atomic mass is 19.1. The van der Waals surface area contributed by atoms with Crippen molar-refractivity contribution in [2.45, 2.75) is 58.7 Å². The van der Waals surface area contributed by atoms with Gasteiger partial charge in [0.2, 0.25) is 5.91 Å². The minimum atomic E-state index is -1.16. The van der Waals surface area contributed by atoms with E-state index in [-0.39, 0.29) is 24.6 Å². The highest BCUT2D eigenvalue weighted by molar-refractivity contribution is 6.05. The van der Waals surface area contributed by atoms with Crippen LogP contribution < -0.4 is 5.32 Å². The third-order valence-corrected chi connectivity index (χ3v) is 7.10. The average molecular weight is 577 g/mol. The molecule has 0 saturated carbocycles. The molecule has 3 atom stereocenters. The van der Waals surface area contributed by atoms with Gasteiger partial charge in [-0.3, -0.25) is 9.59 Å². The number of carboxylic acid groups (broad SMARTS) is 1. The van der Waals surface area contributed by atoms with E-state index in [0.717, 1.165) is 34.4 Å². The Morgan fingerprint density at radius 2 is 1.52 bits per heavy atom. The van der Waals surface area contributed by atoms with E-state index in [1.54, 1.807) is 12.1 Å². The summed E-state index contributed by atoms with van der Waals surface area (Å²) in [5.41, 5.74) is 4.81. The standard InChI is InChI=1S/C34H41FN2O5/c1-4-19-37(20-18-29(38)21-30(39)22-31(40)41)33(26-12-14-27(35)15-13-26)32(25-8-6-5-7-9-25)24(3)34(42)36-28-16-10-23(2)11-17-28/h5-17,24,29-30,38-39H,4,18-22H2,1-3H3,(H,36,42)(H,40,41)/b33-32+. The Kier molecular flexibility index (Phi) is 12.3. The van der Waals surface area contributed by atoms with Crippen LogP contribution >= 0.6 is 0 Å². The molecule has 3 rings (SSSR count). The van der Waals surface area contributed by atoms with E-state index in [1.807, 2.05) is 75.4 Å². The van der Waals surface area contributed by atoms with Crippen LogP contribution in [0, 0.1) is 18.7 Å². The third kappa shape index (κ3) is 9.53. The first-order valence-electron chi connectivity index (χ1n) is 14.3. The van der Waals surface area contributed by atoms with Crippen LogP contribution in [0.2, 0.25) is 0 Å². The molecule has 0 spiro atoms. The first-order valence-corrected chi connectivity index (χ1v) is 14.3. The van der Waals surface area contributed by atoms with Gasteiger partial charge in [0, 0.05) is 24.5 Å². The molecule has 3 aromatic carbocycles. The van der Waals surface area contributed by atoms with E-state index in [9.17, 15) is 24.2 Å². The highest BCUT2D eigenvalue weighted by Crippen LogP contribution is 2.36. The topological polar surface area (TPSA) is 110 Å². The molecule has 0 fully saturated rings.